The van der Waals surface area contributed by atoms with Crippen LogP contribution in [0.3, 0.4) is 0 Å². The van der Waals surface area contributed by atoms with Crippen molar-refractivity contribution in [1.82, 2.24) is 29.7 Å². The zero-order chi connectivity index (χ0) is 38.0. The van der Waals surface area contributed by atoms with Crippen LogP contribution in [-0.2, 0) is 6.18 Å². The Morgan fingerprint density at radius 3 is 2.57 bits per heavy atom. The van der Waals surface area contributed by atoms with E-state index >= 15 is 4.39 Å². The molecule has 3 aliphatic heterocycles. The number of nitrogens with two attached hydrogens (primary N) is 2. The highest BCUT2D eigenvalue weighted by molar-refractivity contribution is 6.36. The van der Waals surface area contributed by atoms with Gasteiger partial charge in [-0.1, -0.05) is 17.7 Å². The number of benzene rings is 1. The van der Waals surface area contributed by atoms with Crippen molar-refractivity contribution >= 4 is 40.0 Å². The van der Waals surface area contributed by atoms with Crippen LogP contribution >= 0.6 is 11.6 Å². The highest BCUT2D eigenvalue weighted by Gasteiger charge is 2.42. The fraction of sp³-hybridized carbons (Fsp3) is 0.471. The van der Waals surface area contributed by atoms with Crippen LogP contribution in [-0.4, -0.2) is 93.9 Å². The number of piperazine rings is 1. The lowest BCUT2D eigenvalue weighted by molar-refractivity contribution is -0.151. The molecule has 11 nitrogen and oxygen atoms in total. The van der Waals surface area contributed by atoms with Gasteiger partial charge in [0.25, 0.3) is 0 Å². The van der Waals surface area contributed by atoms with Gasteiger partial charge in [-0.25, -0.2) is 14.4 Å². The number of hydrogen-bond donors (Lipinski definition) is 2. The van der Waals surface area contributed by atoms with Crippen LogP contribution in [0.1, 0.15) is 42.5 Å². The molecule has 53 heavy (non-hydrogen) atoms. The van der Waals surface area contributed by atoms with Gasteiger partial charge >= 0.3 is 18.4 Å². The van der Waals surface area contributed by atoms with E-state index in [0.717, 1.165) is 6.07 Å². The van der Waals surface area contributed by atoms with Crippen molar-refractivity contribution in [2.45, 2.75) is 57.2 Å². The van der Waals surface area contributed by atoms with E-state index in [1.165, 1.54) is 18.0 Å². The van der Waals surface area contributed by atoms with Crippen molar-refractivity contribution in [2.24, 2.45) is 0 Å². The van der Waals surface area contributed by atoms with Gasteiger partial charge in [0.05, 0.1) is 46.4 Å². The van der Waals surface area contributed by atoms with Crippen molar-refractivity contribution < 1.29 is 40.2 Å². The molecule has 284 valence electrons. The third-order valence-corrected chi connectivity index (χ3v) is 10.4. The minimum atomic E-state index is -4.96. The Morgan fingerprint density at radius 2 is 1.85 bits per heavy atom. The molecule has 4 aromatic rings. The molecular formula is C34H35ClF7N9O2. The largest absolute Gasteiger partial charge is 0.489 e. The maximum Gasteiger partial charge on any atom is 0.418 e. The second-order valence-corrected chi connectivity index (χ2v) is 13.8. The van der Waals surface area contributed by atoms with E-state index in [-0.39, 0.29) is 85.1 Å². The smallest absolute Gasteiger partial charge is 0.418 e. The predicted molar refractivity (Wildman–Crippen MR) is 183 cm³/mol. The Bertz CT molecular complexity index is 2050. The number of anilines is 3. The Morgan fingerprint density at radius 1 is 1.08 bits per heavy atom. The van der Waals surface area contributed by atoms with Crippen molar-refractivity contribution in [2.75, 3.05) is 62.3 Å². The molecule has 0 aliphatic carbocycles. The molecule has 3 atom stereocenters. The molecule has 3 aliphatic rings. The first-order valence-corrected chi connectivity index (χ1v) is 17.2. The molecule has 0 radical (unpaired) electrons. The lowest BCUT2D eigenvalue weighted by atomic mass is 9.98. The first-order chi connectivity index (χ1) is 25.0. The summed E-state index contributed by atoms with van der Waals surface area (Å²) in [5.74, 6) is -1.31. The number of aromatic nitrogens is 4. The summed E-state index contributed by atoms with van der Waals surface area (Å²) in [6, 6.07) is 3.39. The Balaban J connectivity index is 1.33. The molecule has 3 aromatic heterocycles. The van der Waals surface area contributed by atoms with E-state index in [0.29, 0.717) is 24.9 Å². The van der Waals surface area contributed by atoms with Gasteiger partial charge in [0.2, 0.25) is 0 Å². The summed E-state index contributed by atoms with van der Waals surface area (Å²) in [6.45, 7) is 3.02. The first-order valence-electron chi connectivity index (χ1n) is 16.9. The maximum absolute atomic E-state index is 17.0. The fourth-order valence-corrected chi connectivity index (χ4v) is 8.06. The quantitative estimate of drug-likeness (QED) is 0.202. The average molecular weight is 770 g/mol. The van der Waals surface area contributed by atoms with Crippen LogP contribution < -0.4 is 25.8 Å². The molecule has 6 heterocycles. The first kappa shape index (κ1) is 36.9. The number of halogens is 8. The Labute approximate surface area is 304 Å². The van der Waals surface area contributed by atoms with Gasteiger partial charge < -0.3 is 25.8 Å². The molecule has 19 heteroatoms. The normalized spacial score (nSPS) is 20.3. The van der Waals surface area contributed by atoms with Crippen molar-refractivity contribution in [3.05, 3.63) is 51.9 Å². The van der Waals surface area contributed by atoms with Crippen LogP contribution in [0.4, 0.5) is 48.2 Å². The van der Waals surface area contributed by atoms with E-state index in [1.54, 1.807) is 17.0 Å². The second-order valence-electron chi connectivity index (χ2n) is 13.5. The fourth-order valence-electron chi connectivity index (χ4n) is 7.74. The molecule has 7 rings (SSSR count). The predicted octanol–water partition coefficient (Wildman–Crippen LogP) is 6.42. The zero-order valence-corrected chi connectivity index (χ0v) is 29.3. The number of rotatable bonds is 7. The minimum absolute atomic E-state index is 0.00804. The van der Waals surface area contributed by atoms with Gasteiger partial charge in [0, 0.05) is 43.5 Å². The number of fused-ring (bicyclic) bond motifs is 1. The molecule has 0 saturated carbocycles. The third kappa shape index (κ3) is 7.03. The van der Waals surface area contributed by atoms with Crippen LogP contribution in [0, 0.1) is 12.7 Å². The summed E-state index contributed by atoms with van der Waals surface area (Å²) in [7, 11) is 0. The monoisotopic (exact) mass is 769 g/mol. The Kier molecular flexibility index (Phi) is 9.59. The highest BCUT2D eigenvalue weighted by atomic mass is 35.5. The van der Waals surface area contributed by atoms with E-state index in [9.17, 15) is 26.3 Å². The maximum atomic E-state index is 17.0. The second kappa shape index (κ2) is 13.8. The van der Waals surface area contributed by atoms with E-state index in [4.69, 9.17) is 37.5 Å². The van der Waals surface area contributed by atoms with E-state index in [1.807, 2.05) is 6.92 Å². The topological polar surface area (TPSA) is 132 Å². The molecule has 0 spiro atoms. The van der Waals surface area contributed by atoms with Crippen LogP contribution in [0.25, 0.3) is 22.2 Å². The number of nitrogen functional groups attached to an aromatic ring is 2. The number of alkyl halides is 6. The van der Waals surface area contributed by atoms with Crippen LogP contribution in [0.5, 0.6) is 11.8 Å². The summed E-state index contributed by atoms with van der Waals surface area (Å²) in [4.78, 5) is 22.4. The van der Waals surface area contributed by atoms with Gasteiger partial charge in [-0.15, -0.1) is 0 Å². The summed E-state index contributed by atoms with van der Waals surface area (Å²) in [5.41, 5.74) is 9.22. The molecule has 1 aromatic carbocycles. The van der Waals surface area contributed by atoms with E-state index in [2.05, 4.69) is 19.9 Å². The SMILES string of the molecule is Cc1cc(N)nc(-c2c(Cl)c3c4c(nc(OC[C@H]5CC[C@@H]6CN(CC(F)(F)F)CCN56)nc4c2F)N([C@H](C)c2cccnc2N)CCO3)c1C(F)(F)F. The van der Waals surface area contributed by atoms with Gasteiger partial charge in [0.1, 0.15) is 36.2 Å². The van der Waals surface area contributed by atoms with E-state index < -0.39 is 58.1 Å². The average Bonchev–Trinajstić information content (AvgIpc) is 3.36. The Hall–Kier alpha value is -4.42. The molecular weight excluding hydrogens is 735 g/mol. The summed E-state index contributed by atoms with van der Waals surface area (Å²) in [6.07, 6.45) is -6.46. The summed E-state index contributed by atoms with van der Waals surface area (Å²) >= 11 is 6.78. The number of nitrogens with zero attached hydrogens (tertiary/aromatic N) is 7. The summed E-state index contributed by atoms with van der Waals surface area (Å²) in [5, 5.41) is -0.486. The zero-order valence-electron chi connectivity index (χ0n) is 28.5. The van der Waals surface area contributed by atoms with Gasteiger partial charge in [-0.05, 0) is 44.4 Å². The molecule has 0 bridgehead atoms. The molecule has 0 amide bonds. The third-order valence-electron chi connectivity index (χ3n) is 10.1. The van der Waals surface area contributed by atoms with Gasteiger partial charge in [-0.2, -0.15) is 36.3 Å². The van der Waals surface area contributed by atoms with Crippen LogP contribution in [0.15, 0.2) is 24.4 Å². The minimum Gasteiger partial charge on any atom is -0.489 e. The number of pyridine rings is 2. The number of ether oxygens (including phenoxy) is 2. The van der Waals surface area contributed by atoms with Gasteiger partial charge in [-0.3, -0.25) is 9.80 Å². The van der Waals surface area contributed by atoms with Crippen molar-refractivity contribution in [1.29, 1.82) is 0 Å². The van der Waals surface area contributed by atoms with Gasteiger partial charge in [0.15, 0.2) is 11.6 Å². The van der Waals surface area contributed by atoms with Crippen LogP contribution in [0.2, 0.25) is 5.02 Å². The van der Waals surface area contributed by atoms with Crippen molar-refractivity contribution in [3.63, 3.8) is 0 Å². The molecule has 0 unspecified atom stereocenters. The lowest BCUT2D eigenvalue weighted by Gasteiger charge is -2.40. The summed E-state index contributed by atoms with van der Waals surface area (Å²) < 4.78 is 112. The lowest BCUT2D eigenvalue weighted by Crippen LogP contribution is -2.55. The van der Waals surface area contributed by atoms with Crippen molar-refractivity contribution in [3.8, 4) is 23.0 Å². The number of aryl methyl sites for hydroxylation is 1. The highest BCUT2D eigenvalue weighted by Crippen LogP contribution is 2.51. The number of hydrogen-bond acceptors (Lipinski definition) is 11. The molecule has 2 saturated heterocycles. The molecule has 4 N–H and O–H groups in total. The standard InChI is InChI=1S/C34H35ClF7N9O2/c1-16-12-21(43)46-27(24(16)34(40,41)42)22-25(35)29-23-28(26(22)36)47-32(48-31(23)50(10-11-52-29)17(2)20-4-3-7-45-30(20)44)53-14-19-6-5-18-13-49(8-9-51(18)19)15-33(37,38)39/h3-4,7,12,17-19H,5-6,8-11,13-15H2,1-2H3,(H2,43,46)(H2,44,45)/t17-,18-,19-/m1/s1. The molecule has 2 fully saturated rings.